The standard InChI is InChI=1S/C19H18F2N2O3/c1-22-8-9-25-18-11-15-12(10-17(18)24-2)16(6-7-23-15)26-19-13(20)4-3-5-14(19)21/h3-7,10-11,22H,8-9H2,1-2H3. The number of ether oxygens (including phenoxy) is 3. The van der Waals surface area contributed by atoms with Crippen LogP contribution in [0, 0.1) is 11.6 Å². The molecule has 0 spiro atoms. The summed E-state index contributed by atoms with van der Waals surface area (Å²) in [6.45, 7) is 1.12. The fourth-order valence-electron chi connectivity index (χ4n) is 2.44. The van der Waals surface area contributed by atoms with Crippen LogP contribution in [0.4, 0.5) is 8.78 Å². The van der Waals surface area contributed by atoms with Gasteiger partial charge in [-0.05, 0) is 31.3 Å². The molecule has 3 rings (SSSR count). The van der Waals surface area contributed by atoms with Gasteiger partial charge in [0.2, 0.25) is 0 Å². The van der Waals surface area contributed by atoms with Crippen molar-refractivity contribution in [1.82, 2.24) is 10.3 Å². The Balaban J connectivity index is 2.02. The van der Waals surface area contributed by atoms with Crippen LogP contribution in [0.1, 0.15) is 0 Å². The summed E-state index contributed by atoms with van der Waals surface area (Å²) in [6.07, 6.45) is 1.50. The van der Waals surface area contributed by atoms with Gasteiger partial charge in [-0.25, -0.2) is 8.78 Å². The van der Waals surface area contributed by atoms with Crippen LogP contribution < -0.4 is 19.5 Å². The summed E-state index contributed by atoms with van der Waals surface area (Å²) >= 11 is 0. The van der Waals surface area contributed by atoms with Gasteiger partial charge in [-0.1, -0.05) is 6.07 Å². The predicted octanol–water partition coefficient (Wildman–Crippen LogP) is 3.91. The highest BCUT2D eigenvalue weighted by Crippen LogP contribution is 2.37. The van der Waals surface area contributed by atoms with Gasteiger partial charge in [0, 0.05) is 24.2 Å². The number of aromatic nitrogens is 1. The average Bonchev–Trinajstić information content (AvgIpc) is 2.64. The van der Waals surface area contributed by atoms with Crippen molar-refractivity contribution in [3.63, 3.8) is 0 Å². The minimum Gasteiger partial charge on any atom is -0.493 e. The van der Waals surface area contributed by atoms with Crippen LogP contribution in [0.3, 0.4) is 0 Å². The van der Waals surface area contributed by atoms with E-state index in [0.717, 1.165) is 12.1 Å². The number of rotatable bonds is 7. The first kappa shape index (κ1) is 17.9. The lowest BCUT2D eigenvalue weighted by atomic mass is 10.1. The van der Waals surface area contributed by atoms with Crippen LogP contribution in [-0.4, -0.2) is 32.3 Å². The Morgan fingerprint density at radius 2 is 1.81 bits per heavy atom. The zero-order valence-electron chi connectivity index (χ0n) is 14.4. The van der Waals surface area contributed by atoms with Gasteiger partial charge in [0.1, 0.15) is 12.4 Å². The molecule has 1 heterocycles. The molecule has 0 amide bonds. The number of pyridine rings is 1. The molecule has 0 bridgehead atoms. The number of benzene rings is 2. The maximum Gasteiger partial charge on any atom is 0.198 e. The first-order chi connectivity index (χ1) is 12.6. The predicted molar refractivity (Wildman–Crippen MR) is 94.1 cm³/mol. The van der Waals surface area contributed by atoms with Crippen molar-refractivity contribution in [2.75, 3.05) is 27.3 Å². The lowest BCUT2D eigenvalue weighted by Gasteiger charge is -2.14. The van der Waals surface area contributed by atoms with E-state index in [4.69, 9.17) is 14.2 Å². The molecular weight excluding hydrogens is 342 g/mol. The second-order valence-electron chi connectivity index (χ2n) is 5.43. The van der Waals surface area contributed by atoms with Crippen molar-refractivity contribution in [3.05, 3.63) is 54.2 Å². The van der Waals surface area contributed by atoms with Crippen LogP contribution >= 0.6 is 0 Å². The minimum absolute atomic E-state index is 0.263. The van der Waals surface area contributed by atoms with E-state index in [-0.39, 0.29) is 5.75 Å². The summed E-state index contributed by atoms with van der Waals surface area (Å²) in [5, 5.41) is 3.54. The Kier molecular flexibility index (Phi) is 5.48. The highest BCUT2D eigenvalue weighted by Gasteiger charge is 2.15. The third-order valence-electron chi connectivity index (χ3n) is 3.73. The SMILES string of the molecule is CNCCOc1cc2nccc(Oc3c(F)cccc3F)c2cc1OC. The van der Waals surface area contributed by atoms with Gasteiger partial charge < -0.3 is 19.5 Å². The van der Waals surface area contributed by atoms with Crippen molar-refractivity contribution in [2.24, 2.45) is 0 Å². The smallest absolute Gasteiger partial charge is 0.198 e. The maximum absolute atomic E-state index is 13.9. The molecule has 0 fully saturated rings. The van der Waals surface area contributed by atoms with Crippen molar-refractivity contribution < 1.29 is 23.0 Å². The molecule has 0 aliphatic rings. The molecule has 0 saturated carbocycles. The highest BCUT2D eigenvalue weighted by molar-refractivity contribution is 5.88. The van der Waals surface area contributed by atoms with E-state index in [0.29, 0.717) is 35.6 Å². The lowest BCUT2D eigenvalue weighted by molar-refractivity contribution is 0.296. The molecule has 2 aromatic carbocycles. The minimum atomic E-state index is -0.783. The third kappa shape index (κ3) is 3.67. The molecule has 0 aliphatic carbocycles. The summed E-state index contributed by atoms with van der Waals surface area (Å²) in [4.78, 5) is 4.27. The van der Waals surface area contributed by atoms with Gasteiger partial charge in [0.05, 0.1) is 12.6 Å². The molecule has 0 unspecified atom stereocenters. The first-order valence-corrected chi connectivity index (χ1v) is 8.00. The molecule has 0 saturated heterocycles. The second kappa shape index (κ2) is 7.97. The molecule has 0 aliphatic heterocycles. The molecule has 0 radical (unpaired) electrons. The molecule has 136 valence electrons. The Morgan fingerprint density at radius 3 is 2.50 bits per heavy atom. The van der Waals surface area contributed by atoms with Crippen molar-refractivity contribution in [1.29, 1.82) is 0 Å². The molecule has 1 N–H and O–H groups in total. The number of methoxy groups -OCH3 is 1. The normalized spacial score (nSPS) is 10.8. The number of hydrogen-bond acceptors (Lipinski definition) is 5. The molecule has 5 nitrogen and oxygen atoms in total. The lowest BCUT2D eigenvalue weighted by Crippen LogP contribution is -2.16. The van der Waals surface area contributed by atoms with E-state index in [1.807, 2.05) is 7.05 Å². The number of para-hydroxylation sites is 1. The van der Waals surface area contributed by atoms with Crippen LogP contribution in [0.5, 0.6) is 23.0 Å². The summed E-state index contributed by atoms with van der Waals surface area (Å²) in [7, 11) is 3.34. The monoisotopic (exact) mass is 360 g/mol. The van der Waals surface area contributed by atoms with E-state index in [2.05, 4.69) is 10.3 Å². The quantitative estimate of drug-likeness (QED) is 0.648. The van der Waals surface area contributed by atoms with E-state index < -0.39 is 17.4 Å². The zero-order valence-corrected chi connectivity index (χ0v) is 14.4. The van der Waals surface area contributed by atoms with Crippen LogP contribution in [-0.2, 0) is 0 Å². The average molecular weight is 360 g/mol. The Bertz CT molecular complexity index is 898. The number of nitrogens with zero attached hydrogens (tertiary/aromatic N) is 1. The van der Waals surface area contributed by atoms with Gasteiger partial charge in [-0.15, -0.1) is 0 Å². The van der Waals surface area contributed by atoms with Gasteiger partial charge in [-0.3, -0.25) is 4.98 Å². The summed E-state index contributed by atoms with van der Waals surface area (Å²) in [5.41, 5.74) is 0.555. The Morgan fingerprint density at radius 1 is 1.04 bits per heavy atom. The molecule has 3 aromatic rings. The summed E-state index contributed by atoms with van der Waals surface area (Å²) < 4.78 is 44.3. The molecular formula is C19H18F2N2O3. The maximum atomic E-state index is 13.9. The van der Waals surface area contributed by atoms with Gasteiger partial charge in [0.15, 0.2) is 28.9 Å². The second-order valence-corrected chi connectivity index (χ2v) is 5.43. The summed E-state index contributed by atoms with van der Waals surface area (Å²) in [6, 6.07) is 8.46. The molecule has 0 atom stereocenters. The topological polar surface area (TPSA) is 52.6 Å². The van der Waals surface area contributed by atoms with Crippen LogP contribution in [0.25, 0.3) is 10.9 Å². The largest absolute Gasteiger partial charge is 0.493 e. The number of hydrogen-bond donors (Lipinski definition) is 1. The van der Waals surface area contributed by atoms with Gasteiger partial charge in [-0.2, -0.15) is 0 Å². The molecule has 1 aromatic heterocycles. The van der Waals surface area contributed by atoms with E-state index in [1.54, 1.807) is 12.1 Å². The van der Waals surface area contributed by atoms with E-state index in [9.17, 15) is 8.78 Å². The van der Waals surface area contributed by atoms with Crippen molar-refractivity contribution in [3.8, 4) is 23.0 Å². The van der Waals surface area contributed by atoms with Crippen LogP contribution in [0.15, 0.2) is 42.6 Å². The Labute approximate surface area is 149 Å². The fourth-order valence-corrected chi connectivity index (χ4v) is 2.44. The first-order valence-electron chi connectivity index (χ1n) is 8.00. The molecule has 26 heavy (non-hydrogen) atoms. The van der Waals surface area contributed by atoms with Crippen molar-refractivity contribution in [2.45, 2.75) is 0 Å². The fraction of sp³-hybridized carbons (Fsp3) is 0.211. The number of fused-ring (bicyclic) bond motifs is 1. The summed E-state index contributed by atoms with van der Waals surface area (Å²) in [5.74, 6) is -0.771. The van der Waals surface area contributed by atoms with Crippen LogP contribution in [0.2, 0.25) is 0 Å². The number of halogens is 2. The zero-order chi connectivity index (χ0) is 18.5. The van der Waals surface area contributed by atoms with Crippen molar-refractivity contribution >= 4 is 10.9 Å². The van der Waals surface area contributed by atoms with Gasteiger partial charge >= 0.3 is 0 Å². The number of nitrogens with one attached hydrogen (secondary N) is 1. The third-order valence-corrected chi connectivity index (χ3v) is 3.73. The highest BCUT2D eigenvalue weighted by atomic mass is 19.1. The number of likely N-dealkylation sites (N-methyl/N-ethyl adjacent to an activating group) is 1. The van der Waals surface area contributed by atoms with Gasteiger partial charge in [0.25, 0.3) is 0 Å². The van der Waals surface area contributed by atoms with E-state index >= 15 is 0 Å². The van der Waals surface area contributed by atoms with E-state index in [1.165, 1.54) is 25.4 Å². The Hall–Kier alpha value is -2.93. The molecule has 7 heteroatoms.